The summed E-state index contributed by atoms with van der Waals surface area (Å²) in [6, 6.07) is 8.76. The third-order valence-corrected chi connectivity index (χ3v) is 4.67. The van der Waals surface area contributed by atoms with Crippen LogP contribution in [-0.2, 0) is 24.7 Å². The average Bonchev–Trinajstić information content (AvgIpc) is 2.34. The standard InChI is InChI=1S/C8H5BrP.3ClH.Zr/c9-7-4-5-10-8-3-1-2-6(7)8;;;;/h1-4,10H;3*1H;/q;;;;+3/p-3. The summed E-state index contributed by atoms with van der Waals surface area (Å²) in [5.74, 6) is 0. The largest absolute Gasteiger partial charge is 1.00 e. The van der Waals surface area contributed by atoms with E-state index in [0.29, 0.717) is 0 Å². The van der Waals surface area contributed by atoms with E-state index in [-0.39, 0.29) is 37.2 Å². The van der Waals surface area contributed by atoms with Gasteiger partial charge in [0.1, 0.15) is 0 Å². The molecule has 0 saturated carbocycles. The number of rotatable bonds is 0. The van der Waals surface area contributed by atoms with Gasteiger partial charge in [0.25, 0.3) is 0 Å². The SMILES string of the molecule is Brc1c[c]([Zr+3])[pH]c2cccc1-2.[Cl-].[Cl-].[Cl-]. The quantitative estimate of drug-likeness (QED) is 0.406. The maximum absolute atomic E-state index is 3.57. The second-order valence-corrected chi connectivity index (χ2v) is 7.12. The Hall–Kier alpha value is 1.49. The van der Waals surface area contributed by atoms with E-state index in [2.05, 4.69) is 40.2 Å². The van der Waals surface area contributed by atoms with Crippen LogP contribution in [-0.4, -0.2) is 0 Å². The number of hydrogen-bond acceptors (Lipinski definition) is 0. The molecule has 2 rings (SSSR count). The van der Waals surface area contributed by atoms with Gasteiger partial charge in [-0.2, -0.15) is 0 Å². The van der Waals surface area contributed by atoms with Gasteiger partial charge in [-0.15, -0.1) is 0 Å². The molecule has 1 heterocycles. The molecule has 0 aromatic rings. The van der Waals surface area contributed by atoms with Gasteiger partial charge in [-0.05, 0) is 0 Å². The molecule has 1 aliphatic heterocycles. The normalized spacial score (nSPS) is 9.07. The molecule has 0 nitrogen and oxygen atoms in total. The van der Waals surface area contributed by atoms with E-state index in [4.69, 9.17) is 0 Å². The van der Waals surface area contributed by atoms with E-state index in [1.165, 1.54) is 40.1 Å². The Balaban J connectivity index is 0. The predicted molar refractivity (Wildman–Crippen MR) is 49.9 cm³/mol. The molecule has 0 fully saturated rings. The molecular formula is C8H5BrCl3PZr. The van der Waals surface area contributed by atoms with Crippen LogP contribution in [0.3, 0.4) is 0 Å². The van der Waals surface area contributed by atoms with E-state index in [1.807, 2.05) is 0 Å². The van der Waals surface area contributed by atoms with E-state index in [9.17, 15) is 0 Å². The van der Waals surface area contributed by atoms with Crippen molar-refractivity contribution in [1.29, 1.82) is 0 Å². The molecule has 0 aromatic heterocycles. The van der Waals surface area contributed by atoms with Crippen molar-refractivity contribution in [1.82, 2.24) is 0 Å². The Morgan fingerprint density at radius 1 is 1.14 bits per heavy atom. The van der Waals surface area contributed by atoms with E-state index in [1.54, 1.807) is 3.00 Å². The van der Waals surface area contributed by atoms with Crippen LogP contribution in [0.4, 0.5) is 0 Å². The smallest absolute Gasteiger partial charge is 1.00 e. The van der Waals surface area contributed by atoms with Crippen molar-refractivity contribution in [2.45, 2.75) is 0 Å². The molecule has 1 aliphatic carbocycles. The molecule has 1 atom stereocenters. The summed E-state index contributed by atoms with van der Waals surface area (Å²) in [5.41, 5.74) is 1.38. The van der Waals surface area contributed by atoms with Crippen LogP contribution in [0.25, 0.3) is 10.9 Å². The van der Waals surface area contributed by atoms with Gasteiger partial charge in [-0.1, -0.05) is 0 Å². The second kappa shape index (κ2) is 7.72. The van der Waals surface area contributed by atoms with E-state index in [0.717, 1.165) is 8.19 Å². The van der Waals surface area contributed by atoms with E-state index < -0.39 is 0 Å². The first-order valence-electron chi connectivity index (χ1n) is 3.26. The van der Waals surface area contributed by atoms with Crippen molar-refractivity contribution in [3.8, 4) is 10.9 Å². The number of hydrogen-bond donors (Lipinski definition) is 0. The summed E-state index contributed by atoms with van der Waals surface area (Å²) >= 11 is 5.10. The molecule has 0 saturated heterocycles. The predicted octanol–water partition coefficient (Wildman–Crippen LogP) is -6.23. The van der Waals surface area contributed by atoms with Crippen LogP contribution in [0.15, 0.2) is 28.7 Å². The van der Waals surface area contributed by atoms with Crippen molar-refractivity contribution in [3.05, 3.63) is 28.7 Å². The summed E-state index contributed by atoms with van der Waals surface area (Å²) < 4.78 is 2.80. The van der Waals surface area contributed by atoms with Crippen molar-refractivity contribution >= 4 is 27.1 Å². The Morgan fingerprint density at radius 3 is 2.43 bits per heavy atom. The average molecular weight is 410 g/mol. The minimum absolute atomic E-state index is 0. The van der Waals surface area contributed by atoms with Gasteiger partial charge in [0.2, 0.25) is 0 Å². The molecule has 1 unspecified atom stereocenters. The molecule has 0 bridgehead atoms. The molecular weight excluding hydrogens is 405 g/mol. The van der Waals surface area contributed by atoms with Gasteiger partial charge in [0.15, 0.2) is 0 Å². The van der Waals surface area contributed by atoms with Gasteiger partial charge in [0.05, 0.1) is 0 Å². The monoisotopic (exact) mass is 406 g/mol. The molecule has 2 aliphatic rings. The Bertz CT molecular complexity index is 366. The fourth-order valence-corrected chi connectivity index (χ4v) is 5.00. The van der Waals surface area contributed by atoms with Gasteiger partial charge in [0, 0.05) is 0 Å². The topological polar surface area (TPSA) is 0 Å². The van der Waals surface area contributed by atoms with Crippen molar-refractivity contribution in [2.75, 3.05) is 0 Å². The van der Waals surface area contributed by atoms with Gasteiger partial charge in [-0.3, -0.25) is 0 Å². The second-order valence-electron chi connectivity index (χ2n) is 2.38. The summed E-state index contributed by atoms with van der Waals surface area (Å²) in [6.07, 6.45) is 0. The van der Waals surface area contributed by atoms with E-state index >= 15 is 0 Å². The zero-order valence-corrected chi connectivity index (χ0v) is 14.1. The fraction of sp³-hybridized carbons (Fsp3) is 0. The third-order valence-electron chi connectivity index (χ3n) is 1.61. The fourth-order valence-electron chi connectivity index (χ4n) is 1.12. The summed E-state index contributed by atoms with van der Waals surface area (Å²) in [7, 11) is 0.907. The van der Waals surface area contributed by atoms with Crippen molar-refractivity contribution in [2.24, 2.45) is 0 Å². The summed E-state index contributed by atoms with van der Waals surface area (Å²) in [5, 5.41) is 1.49. The summed E-state index contributed by atoms with van der Waals surface area (Å²) in [4.78, 5) is 0. The molecule has 0 radical (unpaired) electrons. The number of fused-ring (bicyclic) bond motifs is 1. The molecule has 74 valence electrons. The molecule has 14 heavy (non-hydrogen) atoms. The zero-order chi connectivity index (χ0) is 7.84. The summed E-state index contributed by atoms with van der Waals surface area (Å²) in [6.45, 7) is 0. The first-order chi connectivity index (χ1) is 5.27. The molecule has 0 spiro atoms. The minimum atomic E-state index is 0. The van der Waals surface area contributed by atoms with Gasteiger partial charge < -0.3 is 37.2 Å². The van der Waals surface area contributed by atoms with Gasteiger partial charge in [-0.25, -0.2) is 0 Å². The zero-order valence-electron chi connectivity index (χ0n) is 6.82. The van der Waals surface area contributed by atoms with Crippen LogP contribution in [0.5, 0.6) is 0 Å². The number of halogens is 4. The van der Waals surface area contributed by atoms with Crippen LogP contribution < -0.4 is 40.2 Å². The van der Waals surface area contributed by atoms with Crippen LogP contribution in [0.1, 0.15) is 0 Å². The Labute approximate surface area is 127 Å². The van der Waals surface area contributed by atoms with Crippen molar-refractivity contribution < 1.29 is 61.9 Å². The van der Waals surface area contributed by atoms with Crippen LogP contribution in [0.2, 0.25) is 0 Å². The molecule has 6 heteroatoms. The van der Waals surface area contributed by atoms with Crippen LogP contribution in [0, 0.1) is 0 Å². The van der Waals surface area contributed by atoms with Gasteiger partial charge >= 0.3 is 91.4 Å². The van der Waals surface area contributed by atoms with Crippen molar-refractivity contribution in [3.63, 3.8) is 0 Å². The Kier molecular flexibility index (Phi) is 9.85. The maximum atomic E-state index is 3.57. The first kappa shape index (κ1) is 17.9. The first-order valence-corrected chi connectivity index (χ1v) is 6.28. The molecule has 0 N–H and O–H groups in total. The minimum Gasteiger partial charge on any atom is -1.00 e. The molecule has 0 aromatic carbocycles. The molecule has 0 amide bonds. The Morgan fingerprint density at radius 2 is 1.79 bits per heavy atom. The third kappa shape index (κ3) is 3.82. The van der Waals surface area contributed by atoms with Crippen LogP contribution >= 0.6 is 24.1 Å². The maximum Gasteiger partial charge on any atom is -1.00 e.